The van der Waals surface area contributed by atoms with Gasteiger partial charge in [-0.05, 0) is 29.8 Å². The lowest BCUT2D eigenvalue weighted by Gasteiger charge is -2.33. The number of nitrogens with zero attached hydrogens (tertiary/aromatic N) is 2. The number of carboxylic acid groups (broad SMARTS) is 1. The molecule has 0 aliphatic carbocycles. The second kappa shape index (κ2) is 9.09. The van der Waals surface area contributed by atoms with Crippen LogP contribution in [0.15, 0.2) is 48.5 Å². The monoisotopic (exact) mass is 397 g/mol. The van der Waals surface area contributed by atoms with Crippen molar-refractivity contribution < 1.29 is 24.2 Å². The summed E-state index contributed by atoms with van der Waals surface area (Å²) in [7, 11) is 0. The fourth-order valence-electron chi connectivity index (χ4n) is 3.22. The summed E-state index contributed by atoms with van der Waals surface area (Å²) < 4.78 is 5.70. The molecule has 3 amide bonds. The Hall–Kier alpha value is -3.55. The van der Waals surface area contributed by atoms with Crippen molar-refractivity contribution in [3.8, 4) is 5.75 Å². The number of piperazine rings is 1. The zero-order valence-electron chi connectivity index (χ0n) is 15.9. The van der Waals surface area contributed by atoms with Gasteiger partial charge in [0.05, 0.1) is 12.2 Å². The molecule has 1 aliphatic heterocycles. The predicted octanol–water partition coefficient (Wildman–Crippen LogP) is 1.84. The van der Waals surface area contributed by atoms with Crippen molar-refractivity contribution in [1.82, 2.24) is 9.80 Å². The molecule has 0 unspecified atom stereocenters. The molecule has 152 valence electrons. The SMILES string of the molecule is NC(=O)c1ccccc1OCCc1cccc(C(=O)N2CCN(C(=O)O)CC2)c1. The van der Waals surface area contributed by atoms with E-state index < -0.39 is 12.0 Å². The van der Waals surface area contributed by atoms with Crippen LogP contribution in [0.1, 0.15) is 26.3 Å². The minimum Gasteiger partial charge on any atom is -0.492 e. The highest BCUT2D eigenvalue weighted by Gasteiger charge is 2.24. The lowest BCUT2D eigenvalue weighted by molar-refractivity contribution is 0.0624. The van der Waals surface area contributed by atoms with Crippen LogP contribution in [0.4, 0.5) is 4.79 Å². The van der Waals surface area contributed by atoms with Gasteiger partial charge >= 0.3 is 6.09 Å². The van der Waals surface area contributed by atoms with Gasteiger partial charge in [0.15, 0.2) is 0 Å². The molecule has 0 spiro atoms. The van der Waals surface area contributed by atoms with E-state index in [-0.39, 0.29) is 5.91 Å². The van der Waals surface area contributed by atoms with Gasteiger partial charge in [-0.15, -0.1) is 0 Å². The lowest BCUT2D eigenvalue weighted by atomic mass is 10.1. The number of primary amides is 1. The van der Waals surface area contributed by atoms with Crippen molar-refractivity contribution in [3.63, 3.8) is 0 Å². The van der Waals surface area contributed by atoms with Crippen LogP contribution in [0.2, 0.25) is 0 Å². The van der Waals surface area contributed by atoms with Gasteiger partial charge in [-0.2, -0.15) is 0 Å². The molecule has 3 rings (SSSR count). The number of rotatable bonds is 6. The Bertz CT molecular complexity index is 907. The Morgan fingerprint density at radius 1 is 0.966 bits per heavy atom. The summed E-state index contributed by atoms with van der Waals surface area (Å²) >= 11 is 0. The van der Waals surface area contributed by atoms with Gasteiger partial charge in [0.2, 0.25) is 0 Å². The number of nitrogens with two attached hydrogens (primary N) is 1. The summed E-state index contributed by atoms with van der Waals surface area (Å²) in [4.78, 5) is 38.1. The first kappa shape index (κ1) is 20.2. The Morgan fingerprint density at radius 3 is 2.34 bits per heavy atom. The first-order chi connectivity index (χ1) is 14.0. The molecule has 8 heteroatoms. The molecule has 8 nitrogen and oxygen atoms in total. The fourth-order valence-corrected chi connectivity index (χ4v) is 3.22. The quantitative estimate of drug-likeness (QED) is 0.772. The van der Waals surface area contributed by atoms with E-state index in [0.29, 0.717) is 56.1 Å². The van der Waals surface area contributed by atoms with Gasteiger partial charge < -0.3 is 25.4 Å². The minimum absolute atomic E-state index is 0.114. The summed E-state index contributed by atoms with van der Waals surface area (Å²) in [5.74, 6) is -0.225. The van der Waals surface area contributed by atoms with E-state index >= 15 is 0 Å². The lowest BCUT2D eigenvalue weighted by Crippen LogP contribution is -2.50. The standard InChI is InChI=1S/C21H23N3O5/c22-19(25)17-6-1-2-7-18(17)29-13-8-15-4-3-5-16(14-15)20(26)23-9-11-24(12-10-23)21(27)28/h1-7,14H,8-13H2,(H2,22,25)(H,27,28). The van der Waals surface area contributed by atoms with E-state index in [9.17, 15) is 14.4 Å². The highest BCUT2D eigenvalue weighted by Crippen LogP contribution is 2.18. The number of para-hydroxylation sites is 1. The molecule has 0 aromatic heterocycles. The summed E-state index contributed by atoms with van der Waals surface area (Å²) in [5, 5.41) is 9.01. The normalized spacial score (nSPS) is 13.8. The molecule has 1 aliphatic rings. The second-order valence-electron chi connectivity index (χ2n) is 6.72. The zero-order valence-corrected chi connectivity index (χ0v) is 15.9. The summed E-state index contributed by atoms with van der Waals surface area (Å²) in [6.45, 7) is 1.71. The Labute approximate surface area is 168 Å². The Morgan fingerprint density at radius 2 is 1.66 bits per heavy atom. The first-order valence-electron chi connectivity index (χ1n) is 9.33. The number of ether oxygens (including phenoxy) is 1. The zero-order chi connectivity index (χ0) is 20.8. The first-order valence-corrected chi connectivity index (χ1v) is 9.33. The van der Waals surface area contributed by atoms with Crippen molar-refractivity contribution in [3.05, 3.63) is 65.2 Å². The van der Waals surface area contributed by atoms with Gasteiger partial charge in [-0.25, -0.2) is 4.79 Å². The van der Waals surface area contributed by atoms with Crippen LogP contribution < -0.4 is 10.5 Å². The minimum atomic E-state index is -0.961. The average molecular weight is 397 g/mol. The van der Waals surface area contributed by atoms with E-state index in [2.05, 4.69) is 0 Å². The maximum absolute atomic E-state index is 12.7. The van der Waals surface area contributed by atoms with Gasteiger partial charge in [0.1, 0.15) is 5.75 Å². The van der Waals surface area contributed by atoms with E-state index in [0.717, 1.165) is 5.56 Å². The predicted molar refractivity (Wildman–Crippen MR) is 106 cm³/mol. The largest absolute Gasteiger partial charge is 0.492 e. The van der Waals surface area contributed by atoms with Crippen LogP contribution >= 0.6 is 0 Å². The topological polar surface area (TPSA) is 113 Å². The molecular formula is C21H23N3O5. The number of hydrogen-bond donors (Lipinski definition) is 2. The highest BCUT2D eigenvalue weighted by molar-refractivity contribution is 5.95. The van der Waals surface area contributed by atoms with Crippen molar-refractivity contribution in [2.45, 2.75) is 6.42 Å². The average Bonchev–Trinajstić information content (AvgIpc) is 2.73. The number of carbonyl (C=O) groups is 3. The molecule has 3 N–H and O–H groups in total. The molecule has 0 bridgehead atoms. The van der Waals surface area contributed by atoms with Crippen LogP contribution in [0, 0.1) is 0 Å². The smallest absolute Gasteiger partial charge is 0.407 e. The van der Waals surface area contributed by atoms with Crippen molar-refractivity contribution in [2.24, 2.45) is 5.73 Å². The van der Waals surface area contributed by atoms with E-state index in [1.54, 1.807) is 35.2 Å². The third-order valence-electron chi connectivity index (χ3n) is 4.81. The second-order valence-corrected chi connectivity index (χ2v) is 6.72. The van der Waals surface area contributed by atoms with Crippen molar-refractivity contribution in [2.75, 3.05) is 32.8 Å². The Balaban J connectivity index is 1.58. The van der Waals surface area contributed by atoms with Gasteiger partial charge in [0, 0.05) is 38.2 Å². The molecule has 0 saturated carbocycles. The third kappa shape index (κ3) is 5.04. The van der Waals surface area contributed by atoms with Crippen LogP contribution in [-0.4, -0.2) is 65.6 Å². The van der Waals surface area contributed by atoms with Crippen molar-refractivity contribution in [1.29, 1.82) is 0 Å². The molecular weight excluding hydrogens is 374 g/mol. The number of carbonyl (C=O) groups excluding carboxylic acids is 2. The molecule has 29 heavy (non-hydrogen) atoms. The van der Waals surface area contributed by atoms with E-state index in [1.165, 1.54) is 4.90 Å². The molecule has 1 fully saturated rings. The van der Waals surface area contributed by atoms with Crippen LogP contribution in [0.25, 0.3) is 0 Å². The Kier molecular flexibility index (Phi) is 6.33. The van der Waals surface area contributed by atoms with Gasteiger partial charge in [0.25, 0.3) is 11.8 Å². The molecule has 0 atom stereocenters. The summed E-state index contributed by atoms with van der Waals surface area (Å²) in [6.07, 6.45) is -0.405. The molecule has 1 saturated heterocycles. The number of amides is 3. The van der Waals surface area contributed by atoms with Gasteiger partial charge in [-0.1, -0.05) is 24.3 Å². The highest BCUT2D eigenvalue weighted by atomic mass is 16.5. The summed E-state index contributed by atoms with van der Waals surface area (Å²) in [6, 6.07) is 14.1. The van der Waals surface area contributed by atoms with Crippen LogP contribution in [0.5, 0.6) is 5.75 Å². The van der Waals surface area contributed by atoms with Gasteiger partial charge in [-0.3, -0.25) is 9.59 Å². The maximum Gasteiger partial charge on any atom is 0.407 e. The van der Waals surface area contributed by atoms with Crippen LogP contribution in [0.3, 0.4) is 0 Å². The number of benzene rings is 2. The van der Waals surface area contributed by atoms with Crippen molar-refractivity contribution >= 4 is 17.9 Å². The maximum atomic E-state index is 12.7. The van der Waals surface area contributed by atoms with Crippen LogP contribution in [-0.2, 0) is 6.42 Å². The summed E-state index contributed by atoms with van der Waals surface area (Å²) in [5.41, 5.74) is 7.17. The third-order valence-corrected chi connectivity index (χ3v) is 4.81. The molecule has 2 aromatic carbocycles. The molecule has 1 heterocycles. The molecule has 2 aromatic rings. The van der Waals surface area contributed by atoms with E-state index in [1.807, 2.05) is 18.2 Å². The van der Waals surface area contributed by atoms with E-state index in [4.69, 9.17) is 15.6 Å². The number of hydrogen-bond acceptors (Lipinski definition) is 4. The fraction of sp³-hybridized carbons (Fsp3) is 0.286. The molecule has 0 radical (unpaired) electrons.